The monoisotopic (exact) mass is 207 g/mol. The van der Waals surface area contributed by atoms with Crippen molar-refractivity contribution in [2.45, 2.75) is 32.3 Å². The van der Waals surface area contributed by atoms with Crippen molar-refractivity contribution in [1.29, 1.82) is 0 Å². The van der Waals surface area contributed by atoms with Crippen molar-refractivity contribution in [1.82, 2.24) is 0 Å². The number of hydrogen-bond acceptors (Lipinski definition) is 3. The SMILES string of the molecule is COc1ccc(CON)c2c1CCCC2. The molecule has 3 nitrogen and oxygen atoms in total. The summed E-state index contributed by atoms with van der Waals surface area (Å²) in [7, 11) is 1.73. The van der Waals surface area contributed by atoms with Gasteiger partial charge >= 0.3 is 0 Å². The van der Waals surface area contributed by atoms with Crippen molar-refractivity contribution >= 4 is 0 Å². The molecule has 3 heteroatoms. The molecular weight excluding hydrogens is 190 g/mol. The van der Waals surface area contributed by atoms with Crippen LogP contribution in [0.5, 0.6) is 5.75 Å². The number of nitrogens with two attached hydrogens (primary N) is 1. The van der Waals surface area contributed by atoms with E-state index in [9.17, 15) is 0 Å². The molecule has 2 N–H and O–H groups in total. The first-order chi connectivity index (χ1) is 7.36. The van der Waals surface area contributed by atoms with Gasteiger partial charge in [0, 0.05) is 0 Å². The smallest absolute Gasteiger partial charge is 0.122 e. The first-order valence-corrected chi connectivity index (χ1v) is 5.36. The van der Waals surface area contributed by atoms with Gasteiger partial charge in [0.2, 0.25) is 0 Å². The molecule has 0 spiro atoms. The maximum Gasteiger partial charge on any atom is 0.122 e. The summed E-state index contributed by atoms with van der Waals surface area (Å²) < 4.78 is 5.37. The quantitative estimate of drug-likeness (QED) is 0.771. The van der Waals surface area contributed by atoms with Crippen LogP contribution in [0.25, 0.3) is 0 Å². The van der Waals surface area contributed by atoms with Crippen molar-refractivity contribution in [3.63, 3.8) is 0 Å². The van der Waals surface area contributed by atoms with Crippen LogP contribution in [0.15, 0.2) is 12.1 Å². The number of rotatable bonds is 3. The van der Waals surface area contributed by atoms with Crippen LogP contribution in [0, 0.1) is 0 Å². The van der Waals surface area contributed by atoms with E-state index in [2.05, 4.69) is 6.07 Å². The molecule has 1 aromatic carbocycles. The zero-order valence-corrected chi connectivity index (χ0v) is 9.08. The third kappa shape index (κ3) is 1.98. The Labute approximate surface area is 90.1 Å². The van der Waals surface area contributed by atoms with Gasteiger partial charge in [0.25, 0.3) is 0 Å². The van der Waals surface area contributed by atoms with Gasteiger partial charge in [0.05, 0.1) is 13.7 Å². The van der Waals surface area contributed by atoms with Crippen LogP contribution >= 0.6 is 0 Å². The summed E-state index contributed by atoms with van der Waals surface area (Å²) in [6.45, 7) is 0.492. The molecule has 82 valence electrons. The van der Waals surface area contributed by atoms with Gasteiger partial charge in [0.1, 0.15) is 5.75 Å². The fraction of sp³-hybridized carbons (Fsp3) is 0.500. The maximum atomic E-state index is 5.37. The molecule has 0 unspecified atom stereocenters. The van der Waals surface area contributed by atoms with E-state index in [0.717, 1.165) is 18.6 Å². The molecule has 1 aliphatic carbocycles. The minimum atomic E-state index is 0.492. The van der Waals surface area contributed by atoms with E-state index in [0.29, 0.717) is 6.61 Å². The van der Waals surface area contributed by atoms with Crippen molar-refractivity contribution in [2.24, 2.45) is 5.90 Å². The maximum absolute atomic E-state index is 5.37. The van der Waals surface area contributed by atoms with E-state index < -0.39 is 0 Å². The van der Waals surface area contributed by atoms with Gasteiger partial charge in [-0.3, -0.25) is 4.84 Å². The van der Waals surface area contributed by atoms with Crippen LogP contribution in [0.1, 0.15) is 29.5 Å². The average Bonchev–Trinajstić information content (AvgIpc) is 2.30. The Hall–Kier alpha value is -1.06. The predicted octanol–water partition coefficient (Wildman–Crippen LogP) is 1.96. The third-order valence-corrected chi connectivity index (χ3v) is 3.05. The molecule has 0 fully saturated rings. The van der Waals surface area contributed by atoms with Gasteiger partial charge in [-0.05, 0) is 48.4 Å². The second kappa shape index (κ2) is 4.64. The van der Waals surface area contributed by atoms with Crippen molar-refractivity contribution in [3.8, 4) is 5.75 Å². The van der Waals surface area contributed by atoms with Crippen molar-refractivity contribution < 1.29 is 9.57 Å². The number of methoxy groups -OCH3 is 1. The second-order valence-corrected chi connectivity index (χ2v) is 3.90. The van der Waals surface area contributed by atoms with E-state index in [-0.39, 0.29) is 0 Å². The van der Waals surface area contributed by atoms with Gasteiger partial charge in [-0.2, -0.15) is 0 Å². The number of benzene rings is 1. The summed E-state index contributed by atoms with van der Waals surface area (Å²) in [6.07, 6.45) is 4.72. The molecule has 0 bridgehead atoms. The van der Waals surface area contributed by atoms with Crippen LogP contribution in [-0.2, 0) is 24.3 Å². The minimum Gasteiger partial charge on any atom is -0.496 e. The van der Waals surface area contributed by atoms with Gasteiger partial charge in [-0.15, -0.1) is 0 Å². The topological polar surface area (TPSA) is 44.5 Å². The van der Waals surface area contributed by atoms with Crippen LogP contribution in [0.2, 0.25) is 0 Å². The summed E-state index contributed by atoms with van der Waals surface area (Å²) in [6, 6.07) is 4.06. The molecule has 0 heterocycles. The van der Waals surface area contributed by atoms with E-state index >= 15 is 0 Å². The molecule has 1 aromatic rings. The molecule has 0 saturated heterocycles. The number of hydrogen-bond donors (Lipinski definition) is 1. The van der Waals surface area contributed by atoms with Gasteiger partial charge in [-0.25, -0.2) is 5.90 Å². The second-order valence-electron chi connectivity index (χ2n) is 3.90. The Morgan fingerprint density at radius 3 is 2.60 bits per heavy atom. The molecule has 2 rings (SSSR count). The fourth-order valence-electron chi connectivity index (χ4n) is 2.33. The average molecular weight is 207 g/mol. The summed E-state index contributed by atoms with van der Waals surface area (Å²) in [5, 5.41) is 0. The van der Waals surface area contributed by atoms with Crippen molar-refractivity contribution in [3.05, 3.63) is 28.8 Å². The first-order valence-electron chi connectivity index (χ1n) is 5.36. The normalized spacial score (nSPS) is 14.8. The Balaban J connectivity index is 2.42. The Bertz CT molecular complexity index is 350. The molecule has 0 radical (unpaired) electrons. The minimum absolute atomic E-state index is 0.492. The van der Waals surface area contributed by atoms with Gasteiger partial charge in [-0.1, -0.05) is 6.07 Å². The van der Waals surface area contributed by atoms with Crippen LogP contribution in [-0.4, -0.2) is 7.11 Å². The highest BCUT2D eigenvalue weighted by atomic mass is 16.6. The van der Waals surface area contributed by atoms with E-state index in [1.165, 1.54) is 29.5 Å². The van der Waals surface area contributed by atoms with Crippen LogP contribution in [0.3, 0.4) is 0 Å². The molecule has 0 amide bonds. The molecule has 15 heavy (non-hydrogen) atoms. The van der Waals surface area contributed by atoms with Crippen LogP contribution in [0.4, 0.5) is 0 Å². The molecule has 1 aliphatic rings. The summed E-state index contributed by atoms with van der Waals surface area (Å²) in [4.78, 5) is 4.73. The molecule has 0 aliphatic heterocycles. The van der Waals surface area contributed by atoms with E-state index in [4.69, 9.17) is 15.5 Å². The van der Waals surface area contributed by atoms with Crippen molar-refractivity contribution in [2.75, 3.05) is 7.11 Å². The molecular formula is C12H17NO2. The number of ether oxygens (including phenoxy) is 1. The highest BCUT2D eigenvalue weighted by Gasteiger charge is 2.17. The summed E-state index contributed by atoms with van der Waals surface area (Å²) >= 11 is 0. The first kappa shape index (κ1) is 10.5. The lowest BCUT2D eigenvalue weighted by molar-refractivity contribution is 0.123. The van der Waals surface area contributed by atoms with Gasteiger partial charge < -0.3 is 4.74 Å². The largest absolute Gasteiger partial charge is 0.496 e. The van der Waals surface area contributed by atoms with E-state index in [1.54, 1.807) is 7.11 Å². The Morgan fingerprint density at radius 2 is 1.93 bits per heavy atom. The lowest BCUT2D eigenvalue weighted by Gasteiger charge is -2.21. The molecule has 0 saturated carbocycles. The highest BCUT2D eigenvalue weighted by Crippen LogP contribution is 2.32. The van der Waals surface area contributed by atoms with Gasteiger partial charge in [0.15, 0.2) is 0 Å². The fourth-order valence-corrected chi connectivity index (χ4v) is 2.33. The zero-order valence-electron chi connectivity index (χ0n) is 9.08. The molecule has 0 atom stereocenters. The summed E-state index contributed by atoms with van der Waals surface area (Å²) in [5.74, 6) is 6.14. The van der Waals surface area contributed by atoms with E-state index in [1.807, 2.05) is 6.07 Å². The third-order valence-electron chi connectivity index (χ3n) is 3.05. The zero-order chi connectivity index (χ0) is 10.7. The lowest BCUT2D eigenvalue weighted by atomic mass is 9.88. The Morgan fingerprint density at radius 1 is 1.20 bits per heavy atom. The van der Waals surface area contributed by atoms with Crippen LogP contribution < -0.4 is 10.6 Å². The Kier molecular flexibility index (Phi) is 3.23. The predicted molar refractivity (Wildman–Crippen MR) is 58.6 cm³/mol. The molecule has 0 aromatic heterocycles. The highest BCUT2D eigenvalue weighted by molar-refractivity contribution is 5.46. The summed E-state index contributed by atoms with van der Waals surface area (Å²) in [5.41, 5.74) is 3.93. The lowest BCUT2D eigenvalue weighted by Crippen LogP contribution is -2.10. The standard InChI is InChI=1S/C12H17NO2/c1-14-12-7-6-9(8-15-13)10-4-2-3-5-11(10)12/h6-7H,2-5,8,13H2,1H3. The number of fused-ring (bicyclic) bond motifs is 1.